The van der Waals surface area contributed by atoms with Gasteiger partial charge in [-0.25, -0.2) is 12.7 Å². The van der Waals surface area contributed by atoms with Crippen LogP contribution in [0.5, 0.6) is 0 Å². The molecule has 0 aliphatic carbocycles. The van der Waals surface area contributed by atoms with Gasteiger partial charge in [-0.3, -0.25) is 0 Å². The summed E-state index contributed by atoms with van der Waals surface area (Å²) < 4.78 is 30.7. The first-order valence-corrected chi connectivity index (χ1v) is 7.81. The summed E-state index contributed by atoms with van der Waals surface area (Å²) in [6, 6.07) is 0.119. The lowest BCUT2D eigenvalue weighted by Crippen LogP contribution is -2.39. The molecular formula is C11H24N2O3S. The molecule has 0 amide bonds. The number of hydrogen-bond acceptors (Lipinski definition) is 4. The van der Waals surface area contributed by atoms with E-state index >= 15 is 0 Å². The van der Waals surface area contributed by atoms with E-state index in [1.165, 1.54) is 4.31 Å². The molecule has 0 spiro atoms. The largest absolute Gasteiger partial charge is 0.377 e. The molecule has 1 atom stereocenters. The van der Waals surface area contributed by atoms with Crippen LogP contribution in [0.4, 0.5) is 0 Å². The van der Waals surface area contributed by atoms with Gasteiger partial charge in [0.05, 0.1) is 18.5 Å². The van der Waals surface area contributed by atoms with Gasteiger partial charge in [0.2, 0.25) is 10.0 Å². The van der Waals surface area contributed by atoms with Crippen molar-refractivity contribution in [2.45, 2.75) is 38.8 Å². The zero-order valence-electron chi connectivity index (χ0n) is 11.0. The normalized spacial score (nSPS) is 21.6. The zero-order valence-corrected chi connectivity index (χ0v) is 11.8. The molecule has 1 heterocycles. The van der Waals surface area contributed by atoms with E-state index in [0.717, 1.165) is 19.4 Å². The maximum absolute atomic E-state index is 12.0. The van der Waals surface area contributed by atoms with Gasteiger partial charge in [-0.05, 0) is 33.2 Å². The number of hydrogen-bond donors (Lipinski definition) is 1. The molecule has 17 heavy (non-hydrogen) atoms. The number of sulfonamides is 1. The van der Waals surface area contributed by atoms with Crippen LogP contribution in [0.25, 0.3) is 0 Å². The third kappa shape index (κ3) is 5.33. The molecule has 1 unspecified atom stereocenters. The Morgan fingerprint density at radius 3 is 2.71 bits per heavy atom. The molecule has 1 rings (SSSR count). The van der Waals surface area contributed by atoms with Crippen LogP contribution in [0.1, 0.15) is 26.7 Å². The Hall–Kier alpha value is -0.170. The maximum Gasteiger partial charge on any atom is 0.215 e. The van der Waals surface area contributed by atoms with Gasteiger partial charge in [-0.15, -0.1) is 0 Å². The van der Waals surface area contributed by atoms with E-state index in [1.54, 1.807) is 7.05 Å². The maximum atomic E-state index is 12.0. The molecule has 0 saturated carbocycles. The summed E-state index contributed by atoms with van der Waals surface area (Å²) in [7, 11) is -1.53. The van der Waals surface area contributed by atoms with E-state index in [4.69, 9.17) is 4.74 Å². The topological polar surface area (TPSA) is 58.6 Å². The highest BCUT2D eigenvalue weighted by molar-refractivity contribution is 7.89. The van der Waals surface area contributed by atoms with Gasteiger partial charge >= 0.3 is 0 Å². The molecule has 1 aliphatic rings. The fraction of sp³-hybridized carbons (Fsp3) is 1.00. The van der Waals surface area contributed by atoms with Crippen molar-refractivity contribution >= 4 is 10.0 Å². The first kappa shape index (κ1) is 14.9. The van der Waals surface area contributed by atoms with Gasteiger partial charge < -0.3 is 10.1 Å². The predicted molar refractivity (Wildman–Crippen MR) is 68.5 cm³/mol. The number of ether oxygens (including phenoxy) is 1. The highest BCUT2D eigenvalue weighted by atomic mass is 32.2. The number of nitrogens with zero attached hydrogens (tertiary/aromatic N) is 1. The number of likely N-dealkylation sites (N-methyl/N-ethyl adjacent to an activating group) is 1. The Balaban J connectivity index is 2.34. The van der Waals surface area contributed by atoms with E-state index in [2.05, 4.69) is 5.32 Å². The third-order valence-corrected chi connectivity index (χ3v) is 4.86. The summed E-state index contributed by atoms with van der Waals surface area (Å²) in [6.07, 6.45) is 2.17. The van der Waals surface area contributed by atoms with Crippen LogP contribution in [0.2, 0.25) is 0 Å². The Bertz CT molecular complexity index is 311. The second-order valence-electron chi connectivity index (χ2n) is 4.81. The van der Waals surface area contributed by atoms with Crippen molar-refractivity contribution < 1.29 is 13.2 Å². The second kappa shape index (κ2) is 6.68. The van der Waals surface area contributed by atoms with Crippen molar-refractivity contribution in [2.24, 2.45) is 0 Å². The van der Waals surface area contributed by atoms with Gasteiger partial charge in [0.1, 0.15) is 0 Å². The number of nitrogens with one attached hydrogen (secondary N) is 1. The molecule has 0 aromatic rings. The summed E-state index contributed by atoms with van der Waals surface area (Å²) in [4.78, 5) is 0. The van der Waals surface area contributed by atoms with Gasteiger partial charge in [0.15, 0.2) is 0 Å². The minimum atomic E-state index is -3.15. The molecule has 1 N–H and O–H groups in total. The number of rotatable bonds is 7. The first-order valence-electron chi connectivity index (χ1n) is 6.21. The molecule has 1 saturated heterocycles. The van der Waals surface area contributed by atoms with Crippen LogP contribution in [0.15, 0.2) is 0 Å². The smallest absolute Gasteiger partial charge is 0.215 e. The Morgan fingerprint density at radius 2 is 2.18 bits per heavy atom. The van der Waals surface area contributed by atoms with Crippen molar-refractivity contribution in [3.05, 3.63) is 0 Å². The van der Waals surface area contributed by atoms with Crippen molar-refractivity contribution in [3.8, 4) is 0 Å². The van der Waals surface area contributed by atoms with Crippen molar-refractivity contribution in [3.63, 3.8) is 0 Å². The van der Waals surface area contributed by atoms with E-state index in [-0.39, 0.29) is 17.9 Å². The van der Waals surface area contributed by atoms with E-state index in [9.17, 15) is 8.42 Å². The van der Waals surface area contributed by atoms with Crippen LogP contribution in [0.3, 0.4) is 0 Å². The van der Waals surface area contributed by atoms with Gasteiger partial charge in [0.25, 0.3) is 0 Å². The monoisotopic (exact) mass is 264 g/mol. The average molecular weight is 264 g/mol. The Morgan fingerprint density at radius 1 is 1.47 bits per heavy atom. The molecule has 102 valence electrons. The molecule has 6 heteroatoms. The molecule has 0 bridgehead atoms. The molecule has 1 aliphatic heterocycles. The summed E-state index contributed by atoms with van der Waals surface area (Å²) in [5.74, 6) is 0.200. The van der Waals surface area contributed by atoms with E-state index < -0.39 is 10.0 Å². The highest BCUT2D eigenvalue weighted by Crippen LogP contribution is 2.10. The molecular weight excluding hydrogens is 240 g/mol. The summed E-state index contributed by atoms with van der Waals surface area (Å²) in [5.41, 5.74) is 0. The van der Waals surface area contributed by atoms with Gasteiger partial charge in [0, 0.05) is 19.6 Å². The summed E-state index contributed by atoms with van der Waals surface area (Å²) in [6.45, 7) is 5.69. The van der Waals surface area contributed by atoms with E-state index in [0.29, 0.717) is 13.2 Å². The Kier molecular flexibility index (Phi) is 5.85. The molecule has 0 aromatic heterocycles. The fourth-order valence-electron chi connectivity index (χ4n) is 1.84. The highest BCUT2D eigenvalue weighted by Gasteiger charge is 2.25. The minimum Gasteiger partial charge on any atom is -0.377 e. The molecule has 1 fully saturated rings. The average Bonchev–Trinajstić information content (AvgIpc) is 2.68. The van der Waals surface area contributed by atoms with Crippen molar-refractivity contribution in [1.82, 2.24) is 9.62 Å². The predicted octanol–water partition coefficient (Wildman–Crippen LogP) is 0.425. The zero-order chi connectivity index (χ0) is 12.9. The molecule has 0 aromatic carbocycles. The van der Waals surface area contributed by atoms with E-state index in [1.807, 2.05) is 13.8 Å². The summed E-state index contributed by atoms with van der Waals surface area (Å²) in [5, 5.41) is 3.20. The SMILES string of the molecule is CC(C)OCCN(C)S(=O)(=O)CC1CCCN1. The quantitative estimate of drug-likeness (QED) is 0.724. The Labute approximate surface area is 105 Å². The van der Waals surface area contributed by atoms with Crippen molar-refractivity contribution in [1.29, 1.82) is 0 Å². The van der Waals surface area contributed by atoms with Crippen LogP contribution >= 0.6 is 0 Å². The van der Waals surface area contributed by atoms with Crippen LogP contribution in [-0.4, -0.2) is 57.4 Å². The second-order valence-corrected chi connectivity index (χ2v) is 6.93. The van der Waals surface area contributed by atoms with Crippen LogP contribution < -0.4 is 5.32 Å². The minimum absolute atomic E-state index is 0.119. The third-order valence-electron chi connectivity index (χ3n) is 2.91. The lowest BCUT2D eigenvalue weighted by molar-refractivity contribution is 0.0737. The summed E-state index contributed by atoms with van der Waals surface area (Å²) >= 11 is 0. The lowest BCUT2D eigenvalue weighted by atomic mass is 10.3. The lowest BCUT2D eigenvalue weighted by Gasteiger charge is -2.20. The molecule has 0 radical (unpaired) electrons. The van der Waals surface area contributed by atoms with Crippen LogP contribution in [0, 0.1) is 0 Å². The standard InChI is InChI=1S/C11H24N2O3S/c1-10(2)16-8-7-13(3)17(14,15)9-11-5-4-6-12-11/h10-12H,4-9H2,1-3H3. The fourth-order valence-corrected chi connectivity index (χ4v) is 3.24. The van der Waals surface area contributed by atoms with Crippen molar-refractivity contribution in [2.75, 3.05) is 32.5 Å². The van der Waals surface area contributed by atoms with Gasteiger partial charge in [-0.1, -0.05) is 0 Å². The van der Waals surface area contributed by atoms with Crippen LogP contribution in [-0.2, 0) is 14.8 Å². The van der Waals surface area contributed by atoms with Gasteiger partial charge in [-0.2, -0.15) is 0 Å². The molecule has 5 nitrogen and oxygen atoms in total. The first-order chi connectivity index (χ1) is 7.92.